The first kappa shape index (κ1) is 28.1. The van der Waals surface area contributed by atoms with Crippen LogP contribution in [0.3, 0.4) is 0 Å². The number of carboxylic acids is 1. The van der Waals surface area contributed by atoms with E-state index < -0.39 is 18.7 Å². The second-order valence-corrected chi connectivity index (χ2v) is 9.01. The Hall–Kier alpha value is -2.16. The molecule has 2 fully saturated rings. The molecule has 34 heavy (non-hydrogen) atoms. The van der Waals surface area contributed by atoms with E-state index in [4.69, 9.17) is 14.2 Å². The number of carbonyl (C=O) groups excluding carboxylic acids is 2. The SMILES string of the molecule is C1CCC([NH2+]C2CCCCC2)CC1.O=C([O-])COCCOCCNC(=O)OCc1ccccc1. The van der Waals surface area contributed by atoms with Crippen molar-refractivity contribution in [3.8, 4) is 0 Å². The monoisotopic (exact) mass is 478 g/mol. The van der Waals surface area contributed by atoms with Gasteiger partial charge in [-0.15, -0.1) is 0 Å². The van der Waals surface area contributed by atoms with E-state index in [1.165, 1.54) is 64.2 Å². The number of carboxylic acid groups (broad SMARTS) is 1. The molecule has 3 rings (SSSR count). The number of alkyl carbamates (subject to hydrolysis) is 1. The van der Waals surface area contributed by atoms with Gasteiger partial charge in [-0.3, -0.25) is 0 Å². The first-order valence-corrected chi connectivity index (χ1v) is 12.8. The highest BCUT2D eigenvalue weighted by atomic mass is 16.6. The fourth-order valence-corrected chi connectivity index (χ4v) is 4.41. The van der Waals surface area contributed by atoms with Gasteiger partial charge in [-0.2, -0.15) is 0 Å². The van der Waals surface area contributed by atoms with E-state index in [1.54, 1.807) is 0 Å². The molecule has 1 aromatic carbocycles. The van der Waals surface area contributed by atoms with Crippen LogP contribution in [-0.4, -0.2) is 57.1 Å². The van der Waals surface area contributed by atoms with Crippen molar-refractivity contribution in [1.29, 1.82) is 0 Å². The van der Waals surface area contributed by atoms with Crippen LogP contribution < -0.4 is 15.7 Å². The molecule has 2 saturated carbocycles. The normalized spacial score (nSPS) is 16.8. The van der Waals surface area contributed by atoms with Crippen molar-refractivity contribution in [2.45, 2.75) is 82.9 Å². The molecule has 0 aromatic heterocycles. The summed E-state index contributed by atoms with van der Waals surface area (Å²) in [5, 5.41) is 15.3. The van der Waals surface area contributed by atoms with Crippen molar-refractivity contribution in [3.05, 3.63) is 35.9 Å². The van der Waals surface area contributed by atoms with E-state index in [2.05, 4.69) is 10.6 Å². The maximum atomic E-state index is 11.3. The molecule has 0 saturated heterocycles. The van der Waals surface area contributed by atoms with E-state index >= 15 is 0 Å². The first-order valence-electron chi connectivity index (χ1n) is 12.8. The first-order chi connectivity index (χ1) is 16.6. The lowest BCUT2D eigenvalue weighted by Crippen LogP contribution is -2.95. The standard InChI is InChI=1S/C14H19NO6.C12H23N/c16-13(17)11-20-9-8-19-7-6-15-14(18)21-10-12-4-2-1-3-5-12;1-3-7-11(8-4-1)13-12-9-5-2-6-10-12/h1-5H,6-11H2,(H,15,18)(H,16,17);11-13H,1-10H2. The maximum Gasteiger partial charge on any atom is 0.407 e. The average Bonchev–Trinajstić information content (AvgIpc) is 2.86. The van der Waals surface area contributed by atoms with Gasteiger partial charge in [-0.1, -0.05) is 43.2 Å². The molecule has 2 aliphatic rings. The summed E-state index contributed by atoms with van der Waals surface area (Å²) in [6, 6.07) is 11.3. The molecular weight excluding hydrogens is 436 g/mol. The zero-order valence-electron chi connectivity index (χ0n) is 20.4. The molecule has 1 amide bonds. The topological polar surface area (TPSA) is 114 Å². The molecule has 0 bridgehead atoms. The summed E-state index contributed by atoms with van der Waals surface area (Å²) >= 11 is 0. The lowest BCUT2D eigenvalue weighted by Gasteiger charge is -2.27. The molecule has 0 spiro atoms. The van der Waals surface area contributed by atoms with Gasteiger partial charge < -0.3 is 34.7 Å². The second kappa shape index (κ2) is 18.2. The Morgan fingerprint density at radius 1 is 0.853 bits per heavy atom. The highest BCUT2D eigenvalue weighted by Crippen LogP contribution is 2.18. The Bertz CT molecular complexity index is 645. The summed E-state index contributed by atoms with van der Waals surface area (Å²) in [5.41, 5.74) is 0.911. The van der Waals surface area contributed by atoms with Crippen LogP contribution in [0.25, 0.3) is 0 Å². The third-order valence-electron chi connectivity index (χ3n) is 6.16. The number of aliphatic carboxylic acids is 1. The third kappa shape index (κ3) is 14.2. The van der Waals surface area contributed by atoms with Crippen LogP contribution in [0.2, 0.25) is 0 Å². The molecule has 0 aliphatic heterocycles. The summed E-state index contributed by atoms with van der Waals surface area (Å²) in [6.07, 6.45) is 14.4. The van der Waals surface area contributed by atoms with Crippen molar-refractivity contribution in [2.24, 2.45) is 0 Å². The van der Waals surface area contributed by atoms with Gasteiger partial charge in [-0.25, -0.2) is 4.79 Å². The number of nitrogens with one attached hydrogen (secondary N) is 1. The number of hydrogen-bond acceptors (Lipinski definition) is 6. The zero-order valence-corrected chi connectivity index (χ0v) is 20.4. The molecule has 3 N–H and O–H groups in total. The van der Waals surface area contributed by atoms with Gasteiger partial charge in [0.05, 0.1) is 44.5 Å². The van der Waals surface area contributed by atoms with Crippen molar-refractivity contribution >= 4 is 12.1 Å². The van der Waals surface area contributed by atoms with E-state index in [1.807, 2.05) is 30.3 Å². The van der Waals surface area contributed by atoms with Gasteiger partial charge in [0.25, 0.3) is 0 Å². The second-order valence-electron chi connectivity index (χ2n) is 9.01. The minimum absolute atomic E-state index is 0.159. The third-order valence-corrected chi connectivity index (χ3v) is 6.16. The predicted molar refractivity (Wildman–Crippen MR) is 127 cm³/mol. The predicted octanol–water partition coefficient (Wildman–Crippen LogP) is 1.91. The van der Waals surface area contributed by atoms with Crippen LogP contribution in [0.1, 0.15) is 69.8 Å². The smallest absolute Gasteiger partial charge is 0.407 e. The fourth-order valence-electron chi connectivity index (χ4n) is 4.41. The van der Waals surface area contributed by atoms with Gasteiger partial charge in [-0.05, 0) is 56.9 Å². The summed E-state index contributed by atoms with van der Waals surface area (Å²) in [6.45, 7) is 0.752. The molecule has 0 heterocycles. The van der Waals surface area contributed by atoms with E-state index in [9.17, 15) is 14.7 Å². The van der Waals surface area contributed by atoms with Crippen LogP contribution in [0.5, 0.6) is 0 Å². The summed E-state index contributed by atoms with van der Waals surface area (Å²) < 4.78 is 14.8. The molecule has 8 heteroatoms. The molecule has 1 aromatic rings. The maximum absolute atomic E-state index is 11.3. The van der Waals surface area contributed by atoms with Crippen LogP contribution >= 0.6 is 0 Å². The Balaban J connectivity index is 0.000000266. The van der Waals surface area contributed by atoms with Gasteiger partial charge in [0.1, 0.15) is 6.61 Å². The lowest BCUT2D eigenvalue weighted by atomic mass is 9.91. The van der Waals surface area contributed by atoms with Crippen molar-refractivity contribution in [3.63, 3.8) is 0 Å². The number of hydrogen-bond donors (Lipinski definition) is 2. The van der Waals surface area contributed by atoms with Crippen molar-refractivity contribution in [1.82, 2.24) is 5.32 Å². The molecule has 0 atom stereocenters. The number of carbonyl (C=O) groups is 2. The molecule has 8 nitrogen and oxygen atoms in total. The molecule has 192 valence electrons. The van der Waals surface area contributed by atoms with Crippen LogP contribution in [0, 0.1) is 0 Å². The van der Waals surface area contributed by atoms with E-state index in [0.29, 0.717) is 6.54 Å². The average molecular weight is 479 g/mol. The number of benzene rings is 1. The summed E-state index contributed by atoms with van der Waals surface area (Å²) in [4.78, 5) is 21.4. The number of quaternary nitrogens is 1. The largest absolute Gasteiger partial charge is 0.548 e. The minimum atomic E-state index is -1.27. The quantitative estimate of drug-likeness (QED) is 0.444. The van der Waals surface area contributed by atoms with Crippen LogP contribution in [0.15, 0.2) is 30.3 Å². The van der Waals surface area contributed by atoms with Gasteiger partial charge in [0, 0.05) is 6.54 Å². The molecule has 2 aliphatic carbocycles. The highest BCUT2D eigenvalue weighted by Gasteiger charge is 2.22. The van der Waals surface area contributed by atoms with Crippen LogP contribution in [0.4, 0.5) is 4.79 Å². The summed E-state index contributed by atoms with van der Waals surface area (Å²) in [5.74, 6) is -1.27. The Labute approximate surface area is 203 Å². The van der Waals surface area contributed by atoms with Gasteiger partial charge in [0.15, 0.2) is 0 Å². The highest BCUT2D eigenvalue weighted by molar-refractivity contribution is 5.67. The van der Waals surface area contributed by atoms with Crippen molar-refractivity contribution < 1.29 is 34.2 Å². The molecule has 0 unspecified atom stereocenters. The Kier molecular flexibility index (Phi) is 15.0. The molecule has 0 radical (unpaired) electrons. The Morgan fingerprint density at radius 2 is 1.44 bits per heavy atom. The number of amides is 1. The van der Waals surface area contributed by atoms with Crippen LogP contribution in [-0.2, 0) is 25.6 Å². The van der Waals surface area contributed by atoms with Crippen molar-refractivity contribution in [2.75, 3.05) is 33.0 Å². The fraction of sp³-hybridized carbons (Fsp3) is 0.692. The van der Waals surface area contributed by atoms with E-state index in [-0.39, 0.29) is 26.4 Å². The number of rotatable bonds is 12. The zero-order chi connectivity index (χ0) is 24.3. The summed E-state index contributed by atoms with van der Waals surface area (Å²) in [7, 11) is 0. The lowest BCUT2D eigenvalue weighted by molar-refractivity contribution is -0.725. The number of ether oxygens (including phenoxy) is 3. The van der Waals surface area contributed by atoms with E-state index in [0.717, 1.165) is 17.6 Å². The minimum Gasteiger partial charge on any atom is -0.548 e. The Morgan fingerprint density at radius 3 is 2.03 bits per heavy atom. The number of nitrogens with two attached hydrogens (primary N) is 1. The van der Waals surface area contributed by atoms with Gasteiger partial charge in [0.2, 0.25) is 0 Å². The van der Waals surface area contributed by atoms with Gasteiger partial charge >= 0.3 is 6.09 Å². The molecular formula is C26H42N2O6.